The summed E-state index contributed by atoms with van der Waals surface area (Å²) in [6.45, 7) is 1.35. The number of alkyl halides is 2. The number of pyridine rings is 1. The Kier molecular flexibility index (Phi) is 2.12. The van der Waals surface area contributed by atoms with Crippen LogP contribution in [0.5, 0.6) is 5.75 Å². The van der Waals surface area contributed by atoms with Crippen molar-refractivity contribution in [1.82, 2.24) is 4.98 Å². The van der Waals surface area contributed by atoms with Gasteiger partial charge in [-0.3, -0.25) is 4.79 Å². The van der Waals surface area contributed by atoms with Gasteiger partial charge < -0.3 is 10.1 Å². The predicted molar refractivity (Wildman–Crippen MR) is 38.4 cm³/mol. The highest BCUT2D eigenvalue weighted by molar-refractivity contribution is 5.35. The molecule has 3 nitrogen and oxygen atoms in total. The summed E-state index contributed by atoms with van der Waals surface area (Å²) >= 11 is 0. The first kappa shape index (κ1) is 8.70. The second kappa shape index (κ2) is 2.92. The lowest BCUT2D eigenvalue weighted by Crippen LogP contribution is -2.08. The monoisotopic (exact) mass is 175 g/mol. The van der Waals surface area contributed by atoms with E-state index in [0.717, 1.165) is 0 Å². The van der Waals surface area contributed by atoms with Gasteiger partial charge in [-0.15, -0.1) is 0 Å². The summed E-state index contributed by atoms with van der Waals surface area (Å²) in [5.41, 5.74) is -1.21. The van der Waals surface area contributed by atoms with Gasteiger partial charge in [0.05, 0.1) is 11.3 Å². The standard InChI is InChI=1S/C7H7F2NO2/c1-3-6(12)4(7(8)9)2-5(11)10-3/h2,7,12H,1H3,(H,10,11). The fourth-order valence-corrected chi connectivity index (χ4v) is 0.873. The highest BCUT2D eigenvalue weighted by atomic mass is 19.3. The van der Waals surface area contributed by atoms with E-state index >= 15 is 0 Å². The Hall–Kier alpha value is -1.39. The molecule has 0 aromatic carbocycles. The Morgan fingerprint density at radius 3 is 2.67 bits per heavy atom. The second-order valence-corrected chi connectivity index (χ2v) is 2.36. The summed E-state index contributed by atoms with van der Waals surface area (Å²) in [4.78, 5) is 12.9. The van der Waals surface area contributed by atoms with Gasteiger partial charge in [0.1, 0.15) is 5.75 Å². The molecular weight excluding hydrogens is 168 g/mol. The van der Waals surface area contributed by atoms with E-state index in [9.17, 15) is 13.6 Å². The lowest BCUT2D eigenvalue weighted by Gasteiger charge is -2.04. The maximum Gasteiger partial charge on any atom is 0.267 e. The molecule has 1 heterocycles. The van der Waals surface area contributed by atoms with Crippen LogP contribution in [-0.4, -0.2) is 10.1 Å². The summed E-state index contributed by atoms with van der Waals surface area (Å²) in [6.07, 6.45) is -2.83. The van der Waals surface area contributed by atoms with Gasteiger partial charge in [-0.05, 0) is 6.92 Å². The summed E-state index contributed by atoms with van der Waals surface area (Å²) < 4.78 is 24.2. The topological polar surface area (TPSA) is 53.1 Å². The Morgan fingerprint density at radius 1 is 1.58 bits per heavy atom. The lowest BCUT2D eigenvalue weighted by molar-refractivity contribution is 0.147. The third-order valence-electron chi connectivity index (χ3n) is 1.46. The quantitative estimate of drug-likeness (QED) is 0.676. The Bertz CT molecular complexity index is 346. The summed E-state index contributed by atoms with van der Waals surface area (Å²) in [6, 6.07) is 0.687. The van der Waals surface area contributed by atoms with Crippen molar-refractivity contribution < 1.29 is 13.9 Å². The Labute approximate surface area is 66.7 Å². The molecule has 0 radical (unpaired) electrons. The molecule has 0 saturated carbocycles. The van der Waals surface area contributed by atoms with Crippen molar-refractivity contribution in [1.29, 1.82) is 0 Å². The molecule has 0 saturated heterocycles. The van der Waals surface area contributed by atoms with Gasteiger partial charge in [-0.25, -0.2) is 8.78 Å². The number of nitrogens with one attached hydrogen (secondary N) is 1. The van der Waals surface area contributed by atoms with E-state index in [0.29, 0.717) is 6.07 Å². The molecular formula is C7H7F2NO2. The first-order valence-corrected chi connectivity index (χ1v) is 3.23. The zero-order valence-electron chi connectivity index (χ0n) is 6.27. The van der Waals surface area contributed by atoms with E-state index in [2.05, 4.69) is 4.98 Å². The number of halogens is 2. The number of H-pyrrole nitrogens is 1. The van der Waals surface area contributed by atoms with Crippen LogP contribution >= 0.6 is 0 Å². The molecule has 2 N–H and O–H groups in total. The average Bonchev–Trinajstić information content (AvgIpc) is 1.96. The number of aryl methyl sites for hydroxylation is 1. The minimum atomic E-state index is -2.83. The van der Waals surface area contributed by atoms with Crippen molar-refractivity contribution >= 4 is 0 Å². The van der Waals surface area contributed by atoms with Crippen LogP contribution in [0.3, 0.4) is 0 Å². The zero-order valence-corrected chi connectivity index (χ0v) is 6.27. The second-order valence-electron chi connectivity index (χ2n) is 2.36. The van der Waals surface area contributed by atoms with Crippen molar-refractivity contribution in [3.05, 3.63) is 27.7 Å². The van der Waals surface area contributed by atoms with Gasteiger partial charge in [0.15, 0.2) is 0 Å². The fourth-order valence-electron chi connectivity index (χ4n) is 0.873. The van der Waals surface area contributed by atoms with Gasteiger partial charge in [0, 0.05) is 6.07 Å². The fraction of sp³-hybridized carbons (Fsp3) is 0.286. The molecule has 0 unspecified atom stereocenters. The van der Waals surface area contributed by atoms with Crippen LogP contribution in [0.4, 0.5) is 8.78 Å². The summed E-state index contributed by atoms with van der Waals surface area (Å²) in [5.74, 6) is -0.551. The molecule has 1 rings (SSSR count). The molecule has 0 aliphatic heterocycles. The number of aromatic amines is 1. The third kappa shape index (κ3) is 1.44. The molecule has 0 aliphatic rings. The van der Waals surface area contributed by atoms with Gasteiger partial charge in [0.25, 0.3) is 6.43 Å². The van der Waals surface area contributed by atoms with E-state index in [1.165, 1.54) is 6.92 Å². The molecule has 0 amide bonds. The molecule has 0 atom stereocenters. The Balaban J connectivity index is 3.38. The van der Waals surface area contributed by atoms with Gasteiger partial charge in [0.2, 0.25) is 5.56 Å². The molecule has 0 spiro atoms. The van der Waals surface area contributed by atoms with Crippen LogP contribution in [0.25, 0.3) is 0 Å². The highest BCUT2D eigenvalue weighted by Gasteiger charge is 2.15. The molecule has 66 valence electrons. The third-order valence-corrected chi connectivity index (χ3v) is 1.46. The van der Waals surface area contributed by atoms with Crippen LogP contribution in [-0.2, 0) is 0 Å². The summed E-state index contributed by atoms with van der Waals surface area (Å²) in [7, 11) is 0. The molecule has 1 aromatic rings. The van der Waals surface area contributed by atoms with Crippen LogP contribution < -0.4 is 5.56 Å². The first-order chi connectivity index (χ1) is 5.52. The van der Waals surface area contributed by atoms with Crippen LogP contribution in [0.1, 0.15) is 17.7 Å². The molecule has 0 aliphatic carbocycles. The van der Waals surface area contributed by atoms with Crippen molar-refractivity contribution in [2.75, 3.05) is 0 Å². The normalized spacial score (nSPS) is 10.7. The minimum Gasteiger partial charge on any atom is -0.506 e. The lowest BCUT2D eigenvalue weighted by atomic mass is 10.2. The van der Waals surface area contributed by atoms with Crippen LogP contribution in [0.15, 0.2) is 10.9 Å². The van der Waals surface area contributed by atoms with Crippen molar-refractivity contribution in [3.8, 4) is 5.75 Å². The van der Waals surface area contributed by atoms with Crippen molar-refractivity contribution in [2.45, 2.75) is 13.3 Å². The SMILES string of the molecule is Cc1[nH]c(=O)cc(C(F)F)c1O. The van der Waals surface area contributed by atoms with Crippen molar-refractivity contribution in [2.24, 2.45) is 0 Å². The smallest absolute Gasteiger partial charge is 0.267 e. The van der Waals surface area contributed by atoms with E-state index in [-0.39, 0.29) is 5.69 Å². The van der Waals surface area contributed by atoms with Crippen LogP contribution in [0.2, 0.25) is 0 Å². The number of hydrogen-bond acceptors (Lipinski definition) is 2. The molecule has 1 aromatic heterocycles. The average molecular weight is 175 g/mol. The van der Waals surface area contributed by atoms with Gasteiger partial charge >= 0.3 is 0 Å². The van der Waals surface area contributed by atoms with Gasteiger partial charge in [-0.2, -0.15) is 0 Å². The summed E-state index contributed by atoms with van der Waals surface area (Å²) in [5, 5.41) is 9.04. The molecule has 0 bridgehead atoms. The highest BCUT2D eigenvalue weighted by Crippen LogP contribution is 2.27. The van der Waals surface area contributed by atoms with Gasteiger partial charge in [-0.1, -0.05) is 0 Å². The number of aromatic hydroxyl groups is 1. The largest absolute Gasteiger partial charge is 0.506 e. The van der Waals surface area contributed by atoms with E-state index in [1.54, 1.807) is 0 Å². The van der Waals surface area contributed by atoms with E-state index in [4.69, 9.17) is 5.11 Å². The maximum atomic E-state index is 12.1. The predicted octanol–water partition coefficient (Wildman–Crippen LogP) is 1.33. The van der Waals surface area contributed by atoms with Crippen LogP contribution in [0, 0.1) is 6.92 Å². The van der Waals surface area contributed by atoms with E-state index in [1.807, 2.05) is 0 Å². The molecule has 0 fully saturated rings. The number of rotatable bonds is 1. The number of aromatic nitrogens is 1. The minimum absolute atomic E-state index is 0.0535. The Morgan fingerprint density at radius 2 is 2.17 bits per heavy atom. The number of hydrogen-bond donors (Lipinski definition) is 2. The van der Waals surface area contributed by atoms with E-state index < -0.39 is 23.3 Å². The maximum absolute atomic E-state index is 12.1. The molecule has 5 heteroatoms. The first-order valence-electron chi connectivity index (χ1n) is 3.23. The van der Waals surface area contributed by atoms with Crippen molar-refractivity contribution in [3.63, 3.8) is 0 Å². The zero-order chi connectivity index (χ0) is 9.30. The molecule has 12 heavy (non-hydrogen) atoms.